The standard InChI is InChI=1S/C28H26ClN5O4/c1-16-13-23(24(37-3)14-20(16)17-9-11-18(12-10-17)26(35)30-2)33-28-31-15-21(29)25(34-28)32-22-8-6-5-7-19(22)27(36)38-4/h5-15H,1-4H3,(H,30,35)(H2,31,32,33,34). The van der Waals surface area contributed by atoms with Gasteiger partial charge in [0.05, 0.1) is 37.4 Å². The van der Waals surface area contributed by atoms with Gasteiger partial charge < -0.3 is 25.4 Å². The van der Waals surface area contributed by atoms with Crippen molar-refractivity contribution < 1.29 is 19.1 Å². The Morgan fingerprint density at radius 1 is 0.947 bits per heavy atom. The number of rotatable bonds is 8. The van der Waals surface area contributed by atoms with Crippen molar-refractivity contribution in [1.29, 1.82) is 0 Å². The van der Waals surface area contributed by atoms with Crippen molar-refractivity contribution >= 4 is 46.6 Å². The number of aryl methyl sites for hydroxylation is 1. The molecule has 0 aliphatic heterocycles. The number of ether oxygens (including phenoxy) is 2. The Morgan fingerprint density at radius 3 is 2.37 bits per heavy atom. The van der Waals surface area contributed by atoms with E-state index in [1.54, 1.807) is 50.6 Å². The van der Waals surface area contributed by atoms with Crippen LogP contribution in [0, 0.1) is 6.92 Å². The predicted molar refractivity (Wildman–Crippen MR) is 148 cm³/mol. The number of halogens is 1. The number of nitrogens with zero attached hydrogens (tertiary/aromatic N) is 2. The highest BCUT2D eigenvalue weighted by Gasteiger charge is 2.16. The first-order valence-corrected chi connectivity index (χ1v) is 12.0. The normalized spacial score (nSPS) is 10.4. The minimum Gasteiger partial charge on any atom is -0.495 e. The van der Waals surface area contributed by atoms with E-state index in [2.05, 4.69) is 25.9 Å². The number of aromatic nitrogens is 2. The van der Waals surface area contributed by atoms with Gasteiger partial charge in [0, 0.05) is 12.6 Å². The van der Waals surface area contributed by atoms with Gasteiger partial charge in [-0.05, 0) is 60.0 Å². The molecule has 0 spiro atoms. The van der Waals surface area contributed by atoms with E-state index in [0.29, 0.717) is 34.1 Å². The summed E-state index contributed by atoms with van der Waals surface area (Å²) in [7, 11) is 4.49. The number of anilines is 4. The summed E-state index contributed by atoms with van der Waals surface area (Å²) in [5, 5.41) is 9.16. The summed E-state index contributed by atoms with van der Waals surface area (Å²) >= 11 is 6.35. The summed E-state index contributed by atoms with van der Waals surface area (Å²) in [4.78, 5) is 32.8. The molecule has 0 bridgehead atoms. The van der Waals surface area contributed by atoms with Crippen molar-refractivity contribution in [3.63, 3.8) is 0 Å². The molecule has 0 unspecified atom stereocenters. The summed E-state index contributed by atoms with van der Waals surface area (Å²) in [6.07, 6.45) is 1.46. The highest BCUT2D eigenvalue weighted by Crippen LogP contribution is 2.36. The Morgan fingerprint density at radius 2 is 1.68 bits per heavy atom. The van der Waals surface area contributed by atoms with E-state index in [-0.39, 0.29) is 16.9 Å². The van der Waals surface area contributed by atoms with Crippen LogP contribution in [-0.4, -0.2) is 43.1 Å². The van der Waals surface area contributed by atoms with E-state index in [0.717, 1.165) is 16.7 Å². The largest absolute Gasteiger partial charge is 0.495 e. The molecule has 4 aromatic rings. The molecule has 3 aromatic carbocycles. The number of amides is 1. The fourth-order valence-corrected chi connectivity index (χ4v) is 3.99. The number of nitrogens with one attached hydrogen (secondary N) is 3. The zero-order valence-electron chi connectivity index (χ0n) is 21.3. The van der Waals surface area contributed by atoms with Gasteiger partial charge in [-0.25, -0.2) is 9.78 Å². The maximum Gasteiger partial charge on any atom is 0.339 e. The molecule has 9 nitrogen and oxygen atoms in total. The topological polar surface area (TPSA) is 114 Å². The molecule has 1 aromatic heterocycles. The number of esters is 1. The van der Waals surface area contributed by atoms with Gasteiger partial charge in [-0.2, -0.15) is 4.98 Å². The minimum absolute atomic E-state index is 0.143. The van der Waals surface area contributed by atoms with Gasteiger partial charge in [-0.1, -0.05) is 35.9 Å². The number of methoxy groups -OCH3 is 2. The molecule has 0 saturated carbocycles. The maximum absolute atomic E-state index is 12.1. The van der Waals surface area contributed by atoms with Crippen molar-refractivity contribution in [3.8, 4) is 16.9 Å². The molecule has 4 rings (SSSR count). The molecule has 3 N–H and O–H groups in total. The van der Waals surface area contributed by atoms with Crippen LogP contribution in [0.3, 0.4) is 0 Å². The van der Waals surface area contributed by atoms with Gasteiger partial charge in [0.25, 0.3) is 5.91 Å². The monoisotopic (exact) mass is 531 g/mol. The third kappa shape index (κ3) is 5.68. The Bertz CT molecular complexity index is 1490. The second-order valence-corrected chi connectivity index (χ2v) is 8.61. The zero-order valence-corrected chi connectivity index (χ0v) is 22.0. The van der Waals surface area contributed by atoms with Crippen LogP contribution in [0.1, 0.15) is 26.3 Å². The predicted octanol–water partition coefficient (Wildman–Crippen LogP) is 5.75. The number of para-hydroxylation sites is 1. The number of benzene rings is 3. The first-order chi connectivity index (χ1) is 18.3. The molecule has 1 amide bonds. The van der Waals surface area contributed by atoms with E-state index in [1.165, 1.54) is 13.3 Å². The van der Waals surface area contributed by atoms with E-state index in [1.807, 2.05) is 31.2 Å². The molecule has 0 saturated heterocycles. The molecule has 38 heavy (non-hydrogen) atoms. The van der Waals surface area contributed by atoms with Crippen molar-refractivity contribution in [3.05, 3.63) is 88.6 Å². The first kappa shape index (κ1) is 26.4. The second kappa shape index (κ2) is 11.6. The van der Waals surface area contributed by atoms with Crippen LogP contribution in [0.2, 0.25) is 5.02 Å². The molecule has 0 aliphatic carbocycles. The first-order valence-electron chi connectivity index (χ1n) is 11.6. The van der Waals surface area contributed by atoms with Crippen LogP contribution in [0.5, 0.6) is 5.75 Å². The summed E-state index contributed by atoms with van der Waals surface area (Å²) in [6.45, 7) is 1.98. The summed E-state index contributed by atoms with van der Waals surface area (Å²) in [6, 6.07) is 18.1. The van der Waals surface area contributed by atoms with Crippen LogP contribution in [0.25, 0.3) is 11.1 Å². The van der Waals surface area contributed by atoms with Gasteiger partial charge in [-0.15, -0.1) is 0 Å². The van der Waals surface area contributed by atoms with Crippen LogP contribution < -0.4 is 20.7 Å². The van der Waals surface area contributed by atoms with Gasteiger partial charge in [0.15, 0.2) is 5.82 Å². The Labute approximate surface area is 225 Å². The molecule has 0 aliphatic rings. The minimum atomic E-state index is -0.486. The second-order valence-electron chi connectivity index (χ2n) is 8.20. The van der Waals surface area contributed by atoms with E-state index in [9.17, 15) is 9.59 Å². The van der Waals surface area contributed by atoms with Gasteiger partial charge in [-0.3, -0.25) is 4.79 Å². The van der Waals surface area contributed by atoms with Crippen LogP contribution >= 0.6 is 11.6 Å². The smallest absolute Gasteiger partial charge is 0.339 e. The highest BCUT2D eigenvalue weighted by atomic mass is 35.5. The lowest BCUT2D eigenvalue weighted by atomic mass is 9.98. The lowest BCUT2D eigenvalue weighted by Crippen LogP contribution is -2.17. The Kier molecular flexibility index (Phi) is 8.08. The van der Waals surface area contributed by atoms with Crippen LogP contribution in [0.15, 0.2) is 66.9 Å². The third-order valence-electron chi connectivity index (χ3n) is 5.81. The fraction of sp³-hybridized carbons (Fsp3) is 0.143. The average molecular weight is 532 g/mol. The molecule has 10 heteroatoms. The van der Waals surface area contributed by atoms with E-state index < -0.39 is 5.97 Å². The molecule has 0 fully saturated rings. The lowest BCUT2D eigenvalue weighted by Gasteiger charge is -2.16. The highest BCUT2D eigenvalue weighted by molar-refractivity contribution is 6.33. The molecular weight excluding hydrogens is 506 g/mol. The maximum atomic E-state index is 12.1. The van der Waals surface area contributed by atoms with Gasteiger partial charge in [0.1, 0.15) is 10.8 Å². The Balaban J connectivity index is 1.62. The number of carbonyl (C=O) groups excluding carboxylic acids is 2. The SMILES string of the molecule is CNC(=O)c1ccc(-c2cc(OC)c(Nc3ncc(Cl)c(Nc4ccccc4C(=O)OC)n3)cc2C)cc1. The van der Waals surface area contributed by atoms with Crippen molar-refractivity contribution in [2.24, 2.45) is 0 Å². The zero-order chi connectivity index (χ0) is 27.2. The summed E-state index contributed by atoms with van der Waals surface area (Å²) in [5.41, 5.74) is 4.94. The number of carbonyl (C=O) groups is 2. The number of hydrogen-bond acceptors (Lipinski definition) is 8. The molecular formula is C28H26ClN5O4. The fourth-order valence-electron chi connectivity index (χ4n) is 3.85. The molecule has 194 valence electrons. The molecule has 0 atom stereocenters. The van der Waals surface area contributed by atoms with Gasteiger partial charge >= 0.3 is 5.97 Å². The van der Waals surface area contributed by atoms with Crippen LogP contribution in [-0.2, 0) is 4.74 Å². The molecule has 0 radical (unpaired) electrons. The van der Waals surface area contributed by atoms with E-state index in [4.69, 9.17) is 21.1 Å². The average Bonchev–Trinajstić information content (AvgIpc) is 2.94. The Hall–Kier alpha value is -4.63. The van der Waals surface area contributed by atoms with E-state index >= 15 is 0 Å². The summed E-state index contributed by atoms with van der Waals surface area (Å²) in [5.74, 6) is 0.526. The van der Waals surface area contributed by atoms with Crippen LogP contribution in [0.4, 0.5) is 23.1 Å². The van der Waals surface area contributed by atoms with Crippen molar-refractivity contribution in [2.75, 3.05) is 31.9 Å². The number of hydrogen-bond donors (Lipinski definition) is 3. The lowest BCUT2D eigenvalue weighted by molar-refractivity contribution is 0.0601. The summed E-state index contributed by atoms with van der Waals surface area (Å²) < 4.78 is 10.5. The van der Waals surface area contributed by atoms with Crippen molar-refractivity contribution in [2.45, 2.75) is 6.92 Å². The van der Waals surface area contributed by atoms with Gasteiger partial charge in [0.2, 0.25) is 5.95 Å². The third-order valence-corrected chi connectivity index (χ3v) is 6.08. The quantitative estimate of drug-likeness (QED) is 0.246. The molecule has 1 heterocycles. The van der Waals surface area contributed by atoms with Crippen molar-refractivity contribution in [1.82, 2.24) is 15.3 Å².